The summed E-state index contributed by atoms with van der Waals surface area (Å²) in [6, 6.07) is 4.06. The first-order valence-electron chi connectivity index (χ1n) is 7.78. The number of fused-ring (bicyclic) bond motifs is 1. The van der Waals surface area contributed by atoms with Crippen molar-refractivity contribution in [2.75, 3.05) is 0 Å². The second kappa shape index (κ2) is 5.51. The fourth-order valence-electron chi connectivity index (χ4n) is 3.73. The fraction of sp³-hybridized carbons (Fsp3) is 0.529. The smallest absolute Gasteiger partial charge is 0.251 e. The number of nitrogens with one attached hydrogen (secondary N) is 1. The van der Waals surface area contributed by atoms with Gasteiger partial charge in [-0.15, -0.1) is 0 Å². The maximum atomic E-state index is 12.5. The molecular formula is C17H22N2O2. The van der Waals surface area contributed by atoms with Gasteiger partial charge < -0.3 is 11.1 Å². The molecule has 1 saturated carbocycles. The molecule has 0 aliphatic heterocycles. The van der Waals surface area contributed by atoms with Crippen LogP contribution in [0.5, 0.6) is 0 Å². The summed E-state index contributed by atoms with van der Waals surface area (Å²) < 4.78 is 0. The number of amides is 2. The third kappa shape index (κ3) is 2.67. The van der Waals surface area contributed by atoms with E-state index in [9.17, 15) is 9.59 Å². The van der Waals surface area contributed by atoms with Crippen molar-refractivity contribution in [1.82, 2.24) is 5.32 Å². The molecule has 1 fully saturated rings. The maximum absolute atomic E-state index is 12.5. The molecule has 2 amide bonds. The van der Waals surface area contributed by atoms with Gasteiger partial charge in [0, 0.05) is 17.5 Å². The Kier molecular flexibility index (Phi) is 3.70. The number of hydrogen-bond acceptors (Lipinski definition) is 2. The fourth-order valence-corrected chi connectivity index (χ4v) is 3.73. The molecule has 4 nitrogen and oxygen atoms in total. The van der Waals surface area contributed by atoms with Gasteiger partial charge in [-0.25, -0.2) is 0 Å². The molecule has 0 saturated heterocycles. The Balaban J connectivity index is 1.73. The summed E-state index contributed by atoms with van der Waals surface area (Å²) in [7, 11) is 0. The zero-order chi connectivity index (χ0) is 15.0. The van der Waals surface area contributed by atoms with Gasteiger partial charge in [-0.3, -0.25) is 9.59 Å². The summed E-state index contributed by atoms with van der Waals surface area (Å²) in [6.45, 7) is 2.11. The number of benzene rings is 1. The molecule has 2 aliphatic rings. The molecule has 1 aromatic rings. The van der Waals surface area contributed by atoms with Gasteiger partial charge in [0.2, 0.25) is 5.91 Å². The van der Waals surface area contributed by atoms with Gasteiger partial charge >= 0.3 is 0 Å². The average Bonchev–Trinajstić information content (AvgIpc) is 3.07. The summed E-state index contributed by atoms with van der Waals surface area (Å²) in [5.41, 5.74) is 10.0. The lowest BCUT2D eigenvalue weighted by molar-refractivity contribution is -0.121. The highest BCUT2D eigenvalue weighted by molar-refractivity contribution is 5.96. The van der Waals surface area contributed by atoms with E-state index in [0.717, 1.165) is 37.7 Å². The normalized spacial score (nSPS) is 23.9. The van der Waals surface area contributed by atoms with Crippen molar-refractivity contribution in [3.63, 3.8) is 0 Å². The highest BCUT2D eigenvalue weighted by atomic mass is 16.2. The summed E-state index contributed by atoms with van der Waals surface area (Å²) in [4.78, 5) is 23.7. The first kappa shape index (κ1) is 14.1. The molecule has 2 atom stereocenters. The highest BCUT2D eigenvalue weighted by Crippen LogP contribution is 2.29. The van der Waals surface area contributed by atoms with Crippen LogP contribution in [-0.2, 0) is 17.6 Å². The maximum Gasteiger partial charge on any atom is 0.251 e. The molecule has 3 rings (SSSR count). The molecular weight excluding hydrogens is 264 g/mol. The number of rotatable bonds is 3. The monoisotopic (exact) mass is 286 g/mol. The Morgan fingerprint density at radius 3 is 2.67 bits per heavy atom. The minimum absolute atomic E-state index is 0.00303. The Labute approximate surface area is 125 Å². The lowest BCUT2D eigenvalue weighted by Crippen LogP contribution is -2.34. The Morgan fingerprint density at radius 1 is 1.19 bits per heavy atom. The molecule has 0 radical (unpaired) electrons. The minimum Gasteiger partial charge on any atom is -0.369 e. The number of nitrogens with two attached hydrogens (primary N) is 1. The molecule has 4 heteroatoms. The molecule has 2 aliphatic carbocycles. The molecule has 1 aromatic carbocycles. The second-order valence-corrected chi connectivity index (χ2v) is 6.32. The molecule has 0 unspecified atom stereocenters. The lowest BCUT2D eigenvalue weighted by atomic mass is 9.98. The predicted octanol–water partition coefficient (Wildman–Crippen LogP) is 1.87. The van der Waals surface area contributed by atoms with Crippen LogP contribution in [0.2, 0.25) is 0 Å². The first-order valence-corrected chi connectivity index (χ1v) is 7.78. The van der Waals surface area contributed by atoms with Crippen LogP contribution < -0.4 is 11.1 Å². The van der Waals surface area contributed by atoms with E-state index in [2.05, 4.69) is 12.2 Å². The topological polar surface area (TPSA) is 72.2 Å². The molecule has 112 valence electrons. The third-order valence-electron chi connectivity index (χ3n) is 4.93. The van der Waals surface area contributed by atoms with Crippen LogP contribution in [-0.4, -0.2) is 17.9 Å². The standard InChI is InChI=1S/C17H22N2O2/c1-10-5-8-15(14-4-2-3-13(10)14)17(21)19-12-7-6-11(9-12)16(18)20/h5,8,11-12H,2-4,6-7,9H2,1H3,(H2,18,20)(H,19,21)/t11-,12+/m0/s1. The van der Waals surface area contributed by atoms with Gasteiger partial charge in [0.1, 0.15) is 0 Å². The van der Waals surface area contributed by atoms with Crippen LogP contribution in [0.15, 0.2) is 12.1 Å². The highest BCUT2D eigenvalue weighted by Gasteiger charge is 2.30. The van der Waals surface area contributed by atoms with Crippen molar-refractivity contribution < 1.29 is 9.59 Å². The summed E-state index contributed by atoms with van der Waals surface area (Å²) in [5.74, 6) is -0.328. The SMILES string of the molecule is Cc1ccc(C(=O)N[C@@H]2CC[C@H](C(N)=O)C2)c2c1CCC2. The lowest BCUT2D eigenvalue weighted by Gasteiger charge is -2.15. The van der Waals surface area contributed by atoms with Crippen LogP contribution in [0, 0.1) is 12.8 Å². The molecule has 3 N–H and O–H groups in total. The van der Waals surface area contributed by atoms with Crippen molar-refractivity contribution in [3.8, 4) is 0 Å². The van der Waals surface area contributed by atoms with Gasteiger partial charge in [-0.2, -0.15) is 0 Å². The average molecular weight is 286 g/mol. The second-order valence-electron chi connectivity index (χ2n) is 6.32. The van der Waals surface area contributed by atoms with Crippen LogP contribution >= 0.6 is 0 Å². The van der Waals surface area contributed by atoms with Gasteiger partial charge in [0.05, 0.1) is 0 Å². The van der Waals surface area contributed by atoms with Gasteiger partial charge in [-0.1, -0.05) is 6.07 Å². The zero-order valence-corrected chi connectivity index (χ0v) is 12.4. The van der Waals surface area contributed by atoms with E-state index in [1.54, 1.807) is 0 Å². The van der Waals surface area contributed by atoms with Crippen molar-refractivity contribution in [2.24, 2.45) is 11.7 Å². The van der Waals surface area contributed by atoms with E-state index < -0.39 is 0 Å². The molecule has 0 aromatic heterocycles. The first-order chi connectivity index (χ1) is 10.1. The largest absolute Gasteiger partial charge is 0.369 e. The summed E-state index contributed by atoms with van der Waals surface area (Å²) in [5, 5.41) is 3.08. The Bertz CT molecular complexity index is 595. The van der Waals surface area contributed by atoms with Gasteiger partial charge in [0.25, 0.3) is 5.91 Å². The van der Waals surface area contributed by atoms with Gasteiger partial charge in [-0.05, 0) is 68.2 Å². The van der Waals surface area contributed by atoms with Crippen LogP contribution in [0.4, 0.5) is 0 Å². The minimum atomic E-state index is -0.247. The van der Waals surface area contributed by atoms with E-state index >= 15 is 0 Å². The van der Waals surface area contributed by atoms with Crippen LogP contribution in [0.3, 0.4) is 0 Å². The van der Waals surface area contributed by atoms with Crippen molar-refractivity contribution in [1.29, 1.82) is 0 Å². The molecule has 0 spiro atoms. The molecule has 21 heavy (non-hydrogen) atoms. The van der Waals surface area contributed by atoms with Crippen molar-refractivity contribution in [3.05, 3.63) is 34.4 Å². The predicted molar refractivity (Wildman–Crippen MR) is 81.0 cm³/mol. The number of carbonyl (C=O) groups is 2. The number of carbonyl (C=O) groups excluding carboxylic acids is 2. The zero-order valence-electron chi connectivity index (χ0n) is 12.4. The van der Waals surface area contributed by atoms with Gasteiger partial charge in [0.15, 0.2) is 0 Å². The summed E-state index contributed by atoms with van der Waals surface area (Å²) >= 11 is 0. The van der Waals surface area contributed by atoms with E-state index in [0.29, 0.717) is 6.42 Å². The van der Waals surface area contributed by atoms with E-state index in [1.807, 2.05) is 12.1 Å². The van der Waals surface area contributed by atoms with Crippen molar-refractivity contribution >= 4 is 11.8 Å². The van der Waals surface area contributed by atoms with Crippen LogP contribution in [0.25, 0.3) is 0 Å². The van der Waals surface area contributed by atoms with E-state index in [-0.39, 0.29) is 23.8 Å². The number of hydrogen-bond donors (Lipinski definition) is 2. The Morgan fingerprint density at radius 2 is 1.95 bits per heavy atom. The van der Waals surface area contributed by atoms with Crippen molar-refractivity contribution in [2.45, 2.75) is 51.5 Å². The van der Waals surface area contributed by atoms with Crippen LogP contribution in [0.1, 0.15) is 52.7 Å². The van der Waals surface area contributed by atoms with E-state index in [1.165, 1.54) is 16.7 Å². The quantitative estimate of drug-likeness (QED) is 0.890. The number of primary amides is 1. The summed E-state index contributed by atoms with van der Waals surface area (Å²) in [6.07, 6.45) is 5.51. The van der Waals surface area contributed by atoms with E-state index in [4.69, 9.17) is 5.73 Å². The molecule has 0 bridgehead atoms. The Hall–Kier alpha value is -1.84. The number of aryl methyl sites for hydroxylation is 1. The third-order valence-corrected chi connectivity index (χ3v) is 4.93. The molecule has 0 heterocycles.